The van der Waals surface area contributed by atoms with Gasteiger partial charge in [0.05, 0.1) is 12.3 Å². The smallest absolute Gasteiger partial charge is 0.267 e. The molecule has 0 saturated carbocycles. The van der Waals surface area contributed by atoms with Crippen molar-refractivity contribution in [1.29, 1.82) is 0 Å². The average molecular weight is 353 g/mol. The van der Waals surface area contributed by atoms with Crippen LogP contribution in [0.25, 0.3) is 0 Å². The lowest BCUT2D eigenvalue weighted by atomic mass is 10.1. The minimum absolute atomic E-state index is 0.170. The van der Waals surface area contributed by atoms with Gasteiger partial charge in [-0.05, 0) is 19.8 Å². The number of unbranched alkanes of at least 4 members (excludes halogenated alkanes) is 9. The van der Waals surface area contributed by atoms with E-state index in [0.717, 1.165) is 12.8 Å². The first-order valence-corrected chi connectivity index (χ1v) is 10.7. The molecule has 0 radical (unpaired) electrons. The molecule has 0 aliphatic carbocycles. The van der Waals surface area contributed by atoms with Crippen molar-refractivity contribution in [1.82, 2.24) is 0 Å². The van der Waals surface area contributed by atoms with E-state index in [1.54, 1.807) is 7.05 Å². The van der Waals surface area contributed by atoms with E-state index in [1.807, 2.05) is 0 Å². The fourth-order valence-corrected chi connectivity index (χ4v) is 3.06. The zero-order valence-electron chi connectivity index (χ0n) is 15.3. The van der Waals surface area contributed by atoms with Gasteiger partial charge in [0.2, 0.25) is 0 Å². The Morgan fingerprint density at radius 2 is 1.30 bits per heavy atom. The molecule has 2 unspecified atom stereocenters. The highest BCUT2D eigenvalue weighted by atomic mass is 32.2. The van der Waals surface area contributed by atoms with Gasteiger partial charge >= 0.3 is 0 Å². The maximum absolute atomic E-state index is 11.0. The van der Waals surface area contributed by atoms with Crippen LogP contribution in [-0.4, -0.2) is 48.2 Å². The van der Waals surface area contributed by atoms with Crippen molar-refractivity contribution < 1.29 is 22.8 Å². The number of quaternary nitrogens is 1. The maximum atomic E-state index is 11.0. The summed E-state index contributed by atoms with van der Waals surface area (Å²) < 4.78 is 30.7. The molecule has 0 aliphatic rings. The molecular weight excluding hydrogens is 314 g/mol. The first-order valence-electron chi connectivity index (χ1n) is 9.22. The van der Waals surface area contributed by atoms with E-state index in [0.29, 0.717) is 13.1 Å². The maximum Gasteiger partial charge on any atom is 0.267 e. The van der Waals surface area contributed by atoms with Gasteiger partial charge in [0.25, 0.3) is 10.1 Å². The van der Waals surface area contributed by atoms with Gasteiger partial charge in [0.15, 0.2) is 0 Å². The normalized spacial score (nSPS) is 16.2. The Kier molecular flexibility index (Phi) is 12.1. The van der Waals surface area contributed by atoms with Crippen LogP contribution in [0.5, 0.6) is 0 Å². The predicted molar refractivity (Wildman–Crippen MR) is 95.2 cm³/mol. The van der Waals surface area contributed by atoms with E-state index in [-0.39, 0.29) is 11.1 Å². The van der Waals surface area contributed by atoms with Crippen LogP contribution in [0.4, 0.5) is 0 Å². The molecule has 0 fully saturated rings. The zero-order valence-corrected chi connectivity index (χ0v) is 16.2. The molecule has 0 aliphatic heterocycles. The third kappa shape index (κ3) is 13.9. The van der Waals surface area contributed by atoms with Crippen LogP contribution in [0.3, 0.4) is 0 Å². The Morgan fingerprint density at radius 1 is 0.870 bits per heavy atom. The molecule has 0 bridgehead atoms. The zero-order chi connectivity index (χ0) is 17.8. The van der Waals surface area contributed by atoms with Crippen LogP contribution in [0, 0.1) is 0 Å². The van der Waals surface area contributed by atoms with E-state index in [1.165, 1.54) is 58.3 Å². The molecule has 0 aromatic heterocycles. The molecule has 0 aromatic carbocycles. The van der Waals surface area contributed by atoms with Crippen LogP contribution in [0.15, 0.2) is 0 Å². The van der Waals surface area contributed by atoms with Gasteiger partial charge in [-0.3, -0.25) is 4.55 Å². The summed E-state index contributed by atoms with van der Waals surface area (Å²) in [5.74, 6) is 0. The van der Waals surface area contributed by atoms with Crippen molar-refractivity contribution in [2.45, 2.75) is 89.7 Å². The van der Waals surface area contributed by atoms with E-state index in [2.05, 4.69) is 6.92 Å². The Hall–Kier alpha value is -0.170. The fourth-order valence-electron chi connectivity index (χ4n) is 2.66. The fraction of sp³-hybridized carbons (Fsp3) is 1.00. The van der Waals surface area contributed by atoms with Gasteiger partial charge in [0, 0.05) is 6.42 Å². The molecule has 0 heterocycles. The first-order chi connectivity index (χ1) is 10.7. The number of nitrogens with zero attached hydrogens (tertiary/aromatic N) is 1. The number of rotatable bonds is 15. The molecule has 23 heavy (non-hydrogen) atoms. The second-order valence-corrected chi connectivity index (χ2v) is 8.92. The monoisotopic (exact) mass is 352 g/mol. The lowest BCUT2D eigenvalue weighted by molar-refractivity contribution is -1.09. The molecule has 6 heteroatoms. The summed E-state index contributed by atoms with van der Waals surface area (Å²) in [4.78, 5) is 0. The molecule has 0 amide bonds. The summed E-state index contributed by atoms with van der Waals surface area (Å²) in [6, 6.07) is 0. The lowest BCUT2D eigenvalue weighted by Gasteiger charge is -2.26. The summed E-state index contributed by atoms with van der Waals surface area (Å²) in [6.07, 6.45) is 12.8. The van der Waals surface area contributed by atoms with Crippen molar-refractivity contribution >= 4 is 10.1 Å². The largest absolute Gasteiger partial charge is 0.285 e. The summed E-state index contributed by atoms with van der Waals surface area (Å²) in [6.45, 7) is 4.68. The Morgan fingerprint density at radius 3 is 1.74 bits per heavy atom. The van der Waals surface area contributed by atoms with E-state index < -0.39 is 15.4 Å². The van der Waals surface area contributed by atoms with Crippen LogP contribution < -0.4 is 0 Å². The molecule has 0 rings (SSSR count). The molecule has 0 spiro atoms. The standard InChI is InChI=1S/C17H37NO4S/c1-4-5-6-7-8-9-10-11-12-13-15-18(3,19)16-14-17(2)23(20,21)22/h17,19H,4-16H2,1-3H3/p+1. The summed E-state index contributed by atoms with van der Waals surface area (Å²) in [7, 11) is -2.29. The van der Waals surface area contributed by atoms with Crippen molar-refractivity contribution in [2.75, 3.05) is 20.1 Å². The second-order valence-electron chi connectivity index (χ2n) is 7.08. The molecule has 5 nitrogen and oxygen atoms in total. The first kappa shape index (κ1) is 22.8. The Balaban J connectivity index is 3.59. The SMILES string of the molecule is CCCCCCCCCCCC[N+](C)(O)CCC(C)S(=O)(=O)O. The number of hydrogen-bond donors (Lipinski definition) is 2. The minimum Gasteiger partial charge on any atom is -0.285 e. The van der Waals surface area contributed by atoms with Crippen molar-refractivity contribution in [2.24, 2.45) is 0 Å². The highest BCUT2D eigenvalue weighted by molar-refractivity contribution is 7.86. The van der Waals surface area contributed by atoms with E-state index in [4.69, 9.17) is 4.55 Å². The van der Waals surface area contributed by atoms with E-state index in [9.17, 15) is 13.6 Å². The highest BCUT2D eigenvalue weighted by Gasteiger charge is 2.24. The molecule has 2 atom stereocenters. The third-order valence-electron chi connectivity index (χ3n) is 4.52. The number of hydrogen-bond acceptors (Lipinski definition) is 3. The van der Waals surface area contributed by atoms with Gasteiger partial charge in [0.1, 0.15) is 13.1 Å². The van der Waals surface area contributed by atoms with Crippen molar-refractivity contribution in [3.8, 4) is 0 Å². The summed E-state index contributed by atoms with van der Waals surface area (Å²) in [5.41, 5.74) is 0. The van der Waals surface area contributed by atoms with Gasteiger partial charge < -0.3 is 0 Å². The van der Waals surface area contributed by atoms with Crippen molar-refractivity contribution in [3.63, 3.8) is 0 Å². The molecule has 140 valence electrons. The van der Waals surface area contributed by atoms with Crippen LogP contribution in [0.1, 0.15) is 84.5 Å². The summed E-state index contributed by atoms with van der Waals surface area (Å²) in [5, 5.41) is 9.39. The molecular formula is C17H38NO4S+. The van der Waals surface area contributed by atoms with Crippen molar-refractivity contribution in [3.05, 3.63) is 0 Å². The van der Waals surface area contributed by atoms with Crippen LogP contribution in [0.2, 0.25) is 0 Å². The highest BCUT2D eigenvalue weighted by Crippen LogP contribution is 2.13. The van der Waals surface area contributed by atoms with Gasteiger partial charge in [-0.1, -0.05) is 58.3 Å². The topological polar surface area (TPSA) is 74.6 Å². The van der Waals surface area contributed by atoms with Gasteiger partial charge in [-0.15, -0.1) is 0 Å². The van der Waals surface area contributed by atoms with Crippen LogP contribution in [-0.2, 0) is 10.1 Å². The molecule has 0 aromatic rings. The lowest BCUT2D eigenvalue weighted by Crippen LogP contribution is -2.43. The predicted octanol–water partition coefficient (Wildman–Crippen LogP) is 4.41. The Bertz CT molecular complexity index is 382. The van der Waals surface area contributed by atoms with Crippen LogP contribution >= 0.6 is 0 Å². The second kappa shape index (κ2) is 12.2. The summed E-state index contributed by atoms with van der Waals surface area (Å²) >= 11 is 0. The number of hydroxylamine groups is 3. The van der Waals surface area contributed by atoms with Gasteiger partial charge in [-0.25, -0.2) is 5.21 Å². The average Bonchev–Trinajstić information content (AvgIpc) is 2.45. The molecule has 2 N–H and O–H groups in total. The molecule has 0 saturated heterocycles. The minimum atomic E-state index is -3.99. The Labute approximate surface area is 143 Å². The third-order valence-corrected chi connectivity index (χ3v) is 5.77. The quantitative estimate of drug-likeness (QED) is 0.198. The van der Waals surface area contributed by atoms with E-state index >= 15 is 0 Å². The van der Waals surface area contributed by atoms with Gasteiger partial charge in [-0.2, -0.15) is 13.1 Å².